The number of hydrogen-bond acceptors (Lipinski definition) is 4. The minimum absolute atomic E-state index is 0.619. The van der Waals surface area contributed by atoms with Crippen LogP contribution in [0.3, 0.4) is 0 Å². The van der Waals surface area contributed by atoms with E-state index >= 15 is 0 Å². The Hall–Kier alpha value is -2.34. The molecule has 0 saturated carbocycles. The van der Waals surface area contributed by atoms with Gasteiger partial charge < -0.3 is 9.72 Å². The molecule has 0 fully saturated rings. The fourth-order valence-corrected chi connectivity index (χ4v) is 2.64. The van der Waals surface area contributed by atoms with E-state index in [2.05, 4.69) is 36.4 Å². The maximum atomic E-state index is 5.23. The molecular weight excluding hydrogens is 344 g/mol. The molecular formula is C16H15BrN4O. The van der Waals surface area contributed by atoms with Gasteiger partial charge in [-0.15, -0.1) is 0 Å². The van der Waals surface area contributed by atoms with Crippen molar-refractivity contribution in [2.45, 2.75) is 6.92 Å². The van der Waals surface area contributed by atoms with E-state index in [-0.39, 0.29) is 0 Å². The number of nitrogens with zero attached hydrogens (tertiary/aromatic N) is 2. The summed E-state index contributed by atoms with van der Waals surface area (Å²) in [5, 5.41) is 4.37. The van der Waals surface area contributed by atoms with Crippen LogP contribution in [0.4, 0.5) is 5.95 Å². The number of nitrogens with one attached hydrogen (secondary N) is 2. The van der Waals surface area contributed by atoms with Crippen molar-refractivity contribution in [3.05, 3.63) is 52.5 Å². The number of methoxy groups -OCH3 is 1. The number of imidazole rings is 1. The molecule has 22 heavy (non-hydrogen) atoms. The number of ether oxygens (including phenoxy) is 1. The average molecular weight is 359 g/mol. The van der Waals surface area contributed by atoms with E-state index in [0.717, 1.165) is 32.5 Å². The Bertz CT molecular complexity index is 808. The van der Waals surface area contributed by atoms with Crippen LogP contribution in [0.5, 0.6) is 5.75 Å². The third kappa shape index (κ3) is 2.96. The van der Waals surface area contributed by atoms with Gasteiger partial charge in [0, 0.05) is 0 Å². The monoisotopic (exact) mass is 358 g/mol. The number of anilines is 1. The summed E-state index contributed by atoms with van der Waals surface area (Å²) < 4.78 is 6.12. The topological polar surface area (TPSA) is 62.3 Å². The minimum atomic E-state index is 0.619. The molecule has 2 aromatic carbocycles. The summed E-state index contributed by atoms with van der Waals surface area (Å²) in [4.78, 5) is 7.59. The van der Waals surface area contributed by atoms with Gasteiger partial charge in [0.05, 0.1) is 28.3 Å². The Morgan fingerprint density at radius 2 is 2.09 bits per heavy atom. The van der Waals surface area contributed by atoms with Crippen molar-refractivity contribution < 1.29 is 4.74 Å². The Labute approximate surface area is 136 Å². The summed E-state index contributed by atoms with van der Waals surface area (Å²) in [6.45, 7) is 1.93. The van der Waals surface area contributed by atoms with E-state index in [9.17, 15) is 0 Å². The molecule has 0 spiro atoms. The number of hydrogen-bond donors (Lipinski definition) is 2. The third-order valence-electron chi connectivity index (χ3n) is 3.29. The normalized spacial score (nSPS) is 11.7. The number of rotatable bonds is 4. The first-order valence-corrected chi connectivity index (χ1v) is 7.55. The zero-order valence-corrected chi connectivity index (χ0v) is 13.8. The Morgan fingerprint density at radius 1 is 1.27 bits per heavy atom. The number of benzene rings is 2. The lowest BCUT2D eigenvalue weighted by Gasteiger charge is -2.06. The third-order valence-corrected chi connectivity index (χ3v) is 3.91. The number of para-hydroxylation sites is 2. The molecule has 6 heteroatoms. The zero-order valence-electron chi connectivity index (χ0n) is 12.2. The van der Waals surface area contributed by atoms with Crippen molar-refractivity contribution in [1.82, 2.24) is 9.97 Å². The van der Waals surface area contributed by atoms with Gasteiger partial charge in [-0.2, -0.15) is 5.10 Å². The van der Waals surface area contributed by atoms with E-state index in [1.165, 1.54) is 0 Å². The SMILES string of the molecule is COc1ccc(/C(C)=N\Nc2nc3ccccc3[nH]2)cc1Br. The van der Waals surface area contributed by atoms with Crippen LogP contribution in [0.2, 0.25) is 0 Å². The highest BCUT2D eigenvalue weighted by molar-refractivity contribution is 9.10. The second-order valence-electron chi connectivity index (χ2n) is 4.76. The molecule has 1 aromatic heterocycles. The number of hydrazone groups is 1. The number of aromatic amines is 1. The van der Waals surface area contributed by atoms with Crippen molar-refractivity contribution in [3.63, 3.8) is 0 Å². The number of fused-ring (bicyclic) bond motifs is 1. The highest BCUT2D eigenvalue weighted by atomic mass is 79.9. The summed E-state index contributed by atoms with van der Waals surface area (Å²) in [5.41, 5.74) is 6.69. The Balaban J connectivity index is 1.80. The van der Waals surface area contributed by atoms with Crippen LogP contribution in [0.25, 0.3) is 11.0 Å². The molecule has 0 aliphatic heterocycles. The van der Waals surface area contributed by atoms with Crippen molar-refractivity contribution >= 4 is 38.6 Å². The Morgan fingerprint density at radius 3 is 2.82 bits per heavy atom. The summed E-state index contributed by atoms with van der Waals surface area (Å²) in [7, 11) is 1.64. The summed E-state index contributed by atoms with van der Waals surface area (Å²) in [5.74, 6) is 1.41. The lowest BCUT2D eigenvalue weighted by molar-refractivity contribution is 0.412. The number of H-pyrrole nitrogens is 1. The largest absolute Gasteiger partial charge is 0.496 e. The van der Waals surface area contributed by atoms with E-state index in [0.29, 0.717) is 5.95 Å². The van der Waals surface area contributed by atoms with Crippen molar-refractivity contribution in [2.24, 2.45) is 5.10 Å². The summed E-state index contributed by atoms with van der Waals surface area (Å²) in [6, 6.07) is 13.7. The predicted molar refractivity (Wildman–Crippen MR) is 92.6 cm³/mol. The van der Waals surface area contributed by atoms with Crippen molar-refractivity contribution in [1.29, 1.82) is 0 Å². The second kappa shape index (κ2) is 6.19. The van der Waals surface area contributed by atoms with Crippen LogP contribution in [-0.2, 0) is 0 Å². The summed E-state index contributed by atoms with van der Waals surface area (Å²) in [6.07, 6.45) is 0. The van der Waals surface area contributed by atoms with Crippen LogP contribution >= 0.6 is 15.9 Å². The molecule has 0 aliphatic carbocycles. The Kier molecular flexibility index (Phi) is 4.11. The lowest BCUT2D eigenvalue weighted by atomic mass is 10.1. The molecule has 112 valence electrons. The van der Waals surface area contributed by atoms with Gasteiger partial charge in [0.1, 0.15) is 5.75 Å². The van der Waals surface area contributed by atoms with E-state index in [1.807, 2.05) is 49.4 Å². The van der Waals surface area contributed by atoms with Gasteiger partial charge in [0.25, 0.3) is 0 Å². The quantitative estimate of drug-likeness (QED) is 0.543. The molecule has 3 aromatic rings. The summed E-state index contributed by atoms with van der Waals surface area (Å²) >= 11 is 3.48. The zero-order chi connectivity index (χ0) is 15.5. The van der Waals surface area contributed by atoms with Gasteiger partial charge in [-0.3, -0.25) is 0 Å². The molecule has 2 N–H and O–H groups in total. The molecule has 0 atom stereocenters. The molecule has 0 unspecified atom stereocenters. The number of halogens is 1. The van der Waals surface area contributed by atoms with Crippen LogP contribution in [-0.4, -0.2) is 22.8 Å². The molecule has 0 saturated heterocycles. The lowest BCUT2D eigenvalue weighted by Crippen LogP contribution is -2.01. The smallest absolute Gasteiger partial charge is 0.222 e. The van der Waals surface area contributed by atoms with Gasteiger partial charge in [-0.25, -0.2) is 10.4 Å². The van der Waals surface area contributed by atoms with Gasteiger partial charge in [-0.05, 0) is 58.7 Å². The van der Waals surface area contributed by atoms with Crippen molar-refractivity contribution in [2.75, 3.05) is 12.5 Å². The van der Waals surface area contributed by atoms with Crippen molar-refractivity contribution in [3.8, 4) is 5.75 Å². The highest BCUT2D eigenvalue weighted by Gasteiger charge is 2.05. The van der Waals surface area contributed by atoms with E-state index in [4.69, 9.17) is 4.74 Å². The molecule has 0 radical (unpaired) electrons. The maximum absolute atomic E-state index is 5.23. The van der Waals surface area contributed by atoms with Gasteiger partial charge in [-0.1, -0.05) is 12.1 Å². The maximum Gasteiger partial charge on any atom is 0.222 e. The van der Waals surface area contributed by atoms with Crippen LogP contribution in [0.15, 0.2) is 52.0 Å². The van der Waals surface area contributed by atoms with Crippen LogP contribution in [0.1, 0.15) is 12.5 Å². The van der Waals surface area contributed by atoms with Gasteiger partial charge in [0.15, 0.2) is 0 Å². The predicted octanol–water partition coefficient (Wildman–Crippen LogP) is 4.17. The van der Waals surface area contributed by atoms with E-state index < -0.39 is 0 Å². The molecule has 5 nitrogen and oxygen atoms in total. The first-order valence-electron chi connectivity index (χ1n) is 6.76. The highest BCUT2D eigenvalue weighted by Crippen LogP contribution is 2.25. The minimum Gasteiger partial charge on any atom is -0.496 e. The molecule has 0 amide bonds. The molecule has 0 bridgehead atoms. The standard InChI is InChI=1S/C16H15BrN4O/c1-10(11-7-8-15(22-2)12(17)9-11)20-21-16-18-13-5-3-4-6-14(13)19-16/h3-9H,1-2H3,(H2,18,19,21)/b20-10-. The van der Waals surface area contributed by atoms with E-state index in [1.54, 1.807) is 7.11 Å². The van der Waals surface area contributed by atoms with Gasteiger partial charge >= 0.3 is 0 Å². The number of aromatic nitrogens is 2. The van der Waals surface area contributed by atoms with Crippen LogP contribution in [0, 0.1) is 0 Å². The molecule has 3 rings (SSSR count). The fourth-order valence-electron chi connectivity index (χ4n) is 2.10. The second-order valence-corrected chi connectivity index (χ2v) is 5.62. The molecule has 0 aliphatic rings. The fraction of sp³-hybridized carbons (Fsp3) is 0.125. The first-order chi connectivity index (χ1) is 10.7. The van der Waals surface area contributed by atoms with Crippen LogP contribution < -0.4 is 10.2 Å². The first kappa shape index (κ1) is 14.6. The average Bonchev–Trinajstić information content (AvgIpc) is 2.95. The van der Waals surface area contributed by atoms with Gasteiger partial charge in [0.2, 0.25) is 5.95 Å². The molecule has 1 heterocycles.